The average molecular weight is 365 g/mol. The van der Waals surface area contributed by atoms with Crippen molar-refractivity contribution < 1.29 is 9.53 Å². The number of carbonyl (C=O) groups is 1. The molecule has 1 N–H and O–H groups in total. The summed E-state index contributed by atoms with van der Waals surface area (Å²) in [6.45, 7) is 9.95. The first kappa shape index (κ1) is 18.4. The molecule has 2 aliphatic rings. The molecule has 2 unspecified atom stereocenters. The summed E-state index contributed by atoms with van der Waals surface area (Å²) >= 11 is 6.14. The van der Waals surface area contributed by atoms with Crippen LogP contribution in [0.2, 0.25) is 5.02 Å². The highest BCUT2D eigenvalue weighted by Gasteiger charge is 2.44. The molecular weight excluding hydrogens is 336 g/mol. The third kappa shape index (κ3) is 4.05. The third-order valence-corrected chi connectivity index (χ3v) is 5.40. The Balaban J connectivity index is 1.69. The van der Waals surface area contributed by atoms with E-state index in [1.165, 1.54) is 16.8 Å². The molecule has 1 aromatic rings. The summed E-state index contributed by atoms with van der Waals surface area (Å²) in [6.07, 6.45) is 3.92. The van der Waals surface area contributed by atoms with Crippen LogP contribution in [0.4, 0.5) is 10.5 Å². The van der Waals surface area contributed by atoms with Crippen LogP contribution in [0.1, 0.15) is 57.6 Å². The van der Waals surface area contributed by atoms with Crippen LogP contribution in [0.3, 0.4) is 0 Å². The zero-order chi connectivity index (χ0) is 18.4. The van der Waals surface area contributed by atoms with Crippen LogP contribution in [0.5, 0.6) is 0 Å². The summed E-state index contributed by atoms with van der Waals surface area (Å²) in [5.74, 6) is 0. The summed E-state index contributed by atoms with van der Waals surface area (Å²) in [5, 5.41) is 4.49. The Bertz CT molecular complexity index is 631. The second-order valence-electron chi connectivity index (χ2n) is 8.50. The number of carbonyl (C=O) groups excluding carboxylic acids is 1. The Morgan fingerprint density at radius 1 is 1.16 bits per heavy atom. The molecule has 2 bridgehead atoms. The number of aryl methyl sites for hydroxylation is 2. The first-order chi connectivity index (χ1) is 11.6. The van der Waals surface area contributed by atoms with Gasteiger partial charge in [-0.2, -0.15) is 0 Å². The van der Waals surface area contributed by atoms with E-state index in [0.29, 0.717) is 6.04 Å². The van der Waals surface area contributed by atoms with Gasteiger partial charge in [0.1, 0.15) is 5.60 Å². The van der Waals surface area contributed by atoms with Crippen LogP contribution >= 0.6 is 11.6 Å². The number of amides is 1. The second-order valence-corrected chi connectivity index (χ2v) is 8.94. The van der Waals surface area contributed by atoms with Crippen LogP contribution in [-0.4, -0.2) is 34.7 Å². The minimum atomic E-state index is -0.441. The highest BCUT2D eigenvalue weighted by molar-refractivity contribution is 6.30. The second kappa shape index (κ2) is 6.71. The van der Waals surface area contributed by atoms with Gasteiger partial charge in [-0.05, 0) is 83.6 Å². The van der Waals surface area contributed by atoms with Crippen molar-refractivity contribution in [1.82, 2.24) is 4.90 Å². The minimum absolute atomic E-state index is 0.155. The minimum Gasteiger partial charge on any atom is -0.444 e. The summed E-state index contributed by atoms with van der Waals surface area (Å²) in [7, 11) is 0. The summed E-state index contributed by atoms with van der Waals surface area (Å²) < 4.78 is 5.61. The standard InChI is InChI=1S/C20H29ClN2O2/c1-12-8-14(21)9-13(2)18(12)22-15-10-16-6-7-17(11-15)23(16)19(24)25-20(3,4)5/h8-9,15-17,22H,6-7,10-11H2,1-5H3. The zero-order valence-electron chi connectivity index (χ0n) is 15.9. The topological polar surface area (TPSA) is 41.6 Å². The maximum atomic E-state index is 12.6. The number of anilines is 1. The van der Waals surface area contributed by atoms with Crippen molar-refractivity contribution in [1.29, 1.82) is 0 Å². The van der Waals surface area contributed by atoms with Crippen LogP contribution < -0.4 is 5.32 Å². The first-order valence-corrected chi connectivity index (χ1v) is 9.56. The van der Waals surface area contributed by atoms with Crippen molar-refractivity contribution >= 4 is 23.4 Å². The van der Waals surface area contributed by atoms with Crippen molar-refractivity contribution in [3.8, 4) is 0 Å². The van der Waals surface area contributed by atoms with Gasteiger partial charge in [-0.3, -0.25) is 0 Å². The van der Waals surface area contributed by atoms with Gasteiger partial charge in [0.25, 0.3) is 0 Å². The number of halogens is 1. The summed E-state index contributed by atoms with van der Waals surface area (Å²) in [4.78, 5) is 14.5. The maximum Gasteiger partial charge on any atom is 0.410 e. The van der Waals surface area contributed by atoms with E-state index in [4.69, 9.17) is 16.3 Å². The molecule has 138 valence electrons. The summed E-state index contributed by atoms with van der Waals surface area (Å²) in [5.41, 5.74) is 3.08. The molecule has 1 amide bonds. The Labute approximate surface area is 155 Å². The van der Waals surface area contributed by atoms with E-state index in [1.807, 2.05) is 37.8 Å². The number of hydrogen-bond acceptors (Lipinski definition) is 3. The largest absolute Gasteiger partial charge is 0.444 e. The molecule has 5 heteroatoms. The fraction of sp³-hybridized carbons (Fsp3) is 0.650. The van der Waals surface area contributed by atoms with E-state index in [2.05, 4.69) is 19.2 Å². The van der Waals surface area contributed by atoms with Gasteiger partial charge >= 0.3 is 6.09 Å². The van der Waals surface area contributed by atoms with E-state index in [-0.39, 0.29) is 18.2 Å². The molecule has 2 fully saturated rings. The Morgan fingerprint density at radius 3 is 2.16 bits per heavy atom. The number of nitrogens with one attached hydrogen (secondary N) is 1. The molecule has 0 aliphatic carbocycles. The smallest absolute Gasteiger partial charge is 0.410 e. The van der Waals surface area contributed by atoms with Crippen LogP contribution in [0, 0.1) is 13.8 Å². The fourth-order valence-electron chi connectivity index (χ4n) is 4.25. The van der Waals surface area contributed by atoms with Crippen LogP contribution in [0.25, 0.3) is 0 Å². The monoisotopic (exact) mass is 364 g/mol. The molecule has 2 heterocycles. The molecule has 1 aromatic carbocycles. The van der Waals surface area contributed by atoms with Crippen molar-refractivity contribution in [3.05, 3.63) is 28.3 Å². The van der Waals surface area contributed by atoms with E-state index in [0.717, 1.165) is 30.7 Å². The molecule has 2 saturated heterocycles. The summed E-state index contributed by atoms with van der Waals surface area (Å²) in [6, 6.07) is 4.94. The Kier molecular flexibility index (Phi) is 4.93. The number of piperidine rings is 1. The van der Waals surface area contributed by atoms with Crippen molar-refractivity contribution in [2.45, 2.75) is 84.0 Å². The van der Waals surface area contributed by atoms with Gasteiger partial charge in [-0.25, -0.2) is 4.79 Å². The normalized spacial score (nSPS) is 25.8. The highest BCUT2D eigenvalue weighted by atomic mass is 35.5. The van der Waals surface area contributed by atoms with E-state index in [1.54, 1.807) is 0 Å². The molecule has 2 aliphatic heterocycles. The van der Waals surface area contributed by atoms with Gasteiger partial charge in [0, 0.05) is 28.8 Å². The molecule has 0 aromatic heterocycles. The molecule has 3 rings (SSSR count). The lowest BCUT2D eigenvalue weighted by Crippen LogP contribution is -2.51. The molecule has 0 saturated carbocycles. The quantitative estimate of drug-likeness (QED) is 0.774. The van der Waals surface area contributed by atoms with Crippen LogP contribution in [-0.2, 0) is 4.74 Å². The van der Waals surface area contributed by atoms with Crippen molar-refractivity contribution in [3.63, 3.8) is 0 Å². The number of rotatable bonds is 2. The predicted octanol–water partition coefficient (Wildman–Crippen LogP) is 5.30. The number of benzene rings is 1. The van der Waals surface area contributed by atoms with Gasteiger partial charge in [-0.15, -0.1) is 0 Å². The maximum absolute atomic E-state index is 12.6. The number of fused-ring (bicyclic) bond motifs is 2. The van der Waals surface area contributed by atoms with Gasteiger partial charge in [0.05, 0.1) is 0 Å². The van der Waals surface area contributed by atoms with E-state index in [9.17, 15) is 4.79 Å². The zero-order valence-corrected chi connectivity index (χ0v) is 16.6. The first-order valence-electron chi connectivity index (χ1n) is 9.18. The Morgan fingerprint density at radius 2 is 1.68 bits per heavy atom. The molecule has 0 spiro atoms. The van der Waals surface area contributed by atoms with Gasteiger partial charge in [0.15, 0.2) is 0 Å². The highest BCUT2D eigenvalue weighted by Crippen LogP contribution is 2.38. The van der Waals surface area contributed by atoms with Gasteiger partial charge in [0.2, 0.25) is 0 Å². The lowest BCUT2D eigenvalue weighted by Gasteiger charge is -2.40. The third-order valence-electron chi connectivity index (χ3n) is 5.18. The lowest BCUT2D eigenvalue weighted by atomic mass is 9.96. The van der Waals surface area contributed by atoms with Gasteiger partial charge < -0.3 is 15.0 Å². The number of nitrogens with zero attached hydrogens (tertiary/aromatic N) is 1. The Hall–Kier alpha value is -1.42. The molecule has 4 nitrogen and oxygen atoms in total. The molecular formula is C20H29ClN2O2. The molecule has 0 radical (unpaired) electrons. The van der Waals surface area contributed by atoms with E-state index >= 15 is 0 Å². The average Bonchev–Trinajstić information content (AvgIpc) is 2.73. The fourth-order valence-corrected chi connectivity index (χ4v) is 4.58. The molecule has 2 atom stereocenters. The van der Waals surface area contributed by atoms with Crippen molar-refractivity contribution in [2.75, 3.05) is 5.32 Å². The number of hydrogen-bond donors (Lipinski definition) is 1. The molecule has 25 heavy (non-hydrogen) atoms. The van der Waals surface area contributed by atoms with Gasteiger partial charge in [-0.1, -0.05) is 11.6 Å². The van der Waals surface area contributed by atoms with Crippen LogP contribution in [0.15, 0.2) is 12.1 Å². The van der Waals surface area contributed by atoms with E-state index < -0.39 is 5.60 Å². The predicted molar refractivity (Wildman–Crippen MR) is 102 cm³/mol. The SMILES string of the molecule is Cc1cc(Cl)cc(C)c1NC1CC2CCC(C1)N2C(=O)OC(C)(C)C. The van der Waals surface area contributed by atoms with Crippen molar-refractivity contribution in [2.24, 2.45) is 0 Å². The number of ether oxygens (including phenoxy) is 1. The lowest BCUT2D eigenvalue weighted by molar-refractivity contribution is 0.00683.